The Kier molecular flexibility index (Phi) is 11.0. The number of esters is 1. The highest BCUT2D eigenvalue weighted by molar-refractivity contribution is 5.87. The van der Waals surface area contributed by atoms with E-state index in [0.29, 0.717) is 25.4 Å². The van der Waals surface area contributed by atoms with Crippen LogP contribution in [0.4, 0.5) is 0 Å². The van der Waals surface area contributed by atoms with Gasteiger partial charge >= 0.3 is 5.97 Å². The minimum atomic E-state index is -0.362. The molecule has 0 spiro atoms. The summed E-state index contributed by atoms with van der Waals surface area (Å²) in [5.41, 5.74) is 0.358. The summed E-state index contributed by atoms with van der Waals surface area (Å²) in [5, 5.41) is 0. The van der Waals surface area contributed by atoms with Gasteiger partial charge in [0, 0.05) is 7.11 Å². The van der Waals surface area contributed by atoms with Crippen molar-refractivity contribution in [2.75, 3.05) is 33.5 Å². The molecule has 0 fully saturated rings. The molecule has 0 aliphatic rings. The van der Waals surface area contributed by atoms with Crippen LogP contribution >= 0.6 is 0 Å². The molecule has 0 aliphatic heterocycles. The van der Waals surface area contributed by atoms with Crippen molar-refractivity contribution in [1.29, 1.82) is 0 Å². The van der Waals surface area contributed by atoms with Gasteiger partial charge < -0.3 is 14.2 Å². The van der Waals surface area contributed by atoms with E-state index in [1.54, 1.807) is 7.11 Å². The van der Waals surface area contributed by atoms with Crippen molar-refractivity contribution >= 4 is 5.97 Å². The maximum Gasteiger partial charge on any atom is 0.335 e. The van der Waals surface area contributed by atoms with Crippen molar-refractivity contribution in [2.24, 2.45) is 0 Å². The van der Waals surface area contributed by atoms with Gasteiger partial charge in [0.2, 0.25) is 0 Å². The lowest BCUT2D eigenvalue weighted by atomic mass is 10.2. The van der Waals surface area contributed by atoms with Crippen LogP contribution in [-0.2, 0) is 19.0 Å². The molecule has 0 rings (SSSR count). The number of methoxy groups -OCH3 is 1. The Hall–Kier alpha value is -0.870. The number of ether oxygens (including phenoxy) is 3. The van der Waals surface area contributed by atoms with Crippen LogP contribution in [0.5, 0.6) is 0 Å². The zero-order chi connectivity index (χ0) is 12.9. The third-order valence-corrected chi connectivity index (χ3v) is 2.23. The molecular weight excluding hydrogens is 220 g/mol. The molecule has 100 valence electrons. The first-order valence-corrected chi connectivity index (χ1v) is 6.14. The quantitative estimate of drug-likeness (QED) is 0.318. The summed E-state index contributed by atoms with van der Waals surface area (Å²) in [4.78, 5) is 11.4. The summed E-state index contributed by atoms with van der Waals surface area (Å²) in [7, 11) is 1.60. The molecule has 0 radical (unpaired) electrons. The monoisotopic (exact) mass is 244 g/mol. The van der Waals surface area contributed by atoms with Crippen LogP contribution in [0, 0.1) is 0 Å². The Balaban J connectivity index is 3.44. The van der Waals surface area contributed by atoms with Gasteiger partial charge in [0.15, 0.2) is 0 Å². The molecule has 0 amide bonds. The second-order valence-electron chi connectivity index (χ2n) is 3.85. The lowest BCUT2D eigenvalue weighted by Crippen LogP contribution is -2.14. The second-order valence-corrected chi connectivity index (χ2v) is 3.85. The highest BCUT2D eigenvalue weighted by Gasteiger charge is 2.08. The molecule has 0 saturated carbocycles. The fourth-order valence-corrected chi connectivity index (χ4v) is 1.19. The number of hydrogen-bond donors (Lipinski definition) is 0. The van der Waals surface area contributed by atoms with Gasteiger partial charge in [-0.25, -0.2) is 4.79 Å². The predicted molar refractivity (Wildman–Crippen MR) is 66.9 cm³/mol. The predicted octanol–water partition coefficient (Wildman–Crippen LogP) is 2.33. The van der Waals surface area contributed by atoms with E-state index < -0.39 is 0 Å². The lowest BCUT2D eigenvalue weighted by molar-refractivity contribution is -0.139. The molecule has 17 heavy (non-hydrogen) atoms. The van der Waals surface area contributed by atoms with Crippen molar-refractivity contribution in [3.05, 3.63) is 12.2 Å². The largest absolute Gasteiger partial charge is 0.462 e. The molecular formula is C13H24O4. The third kappa shape index (κ3) is 10.0. The summed E-state index contributed by atoms with van der Waals surface area (Å²) in [6, 6.07) is 0. The molecule has 0 bridgehead atoms. The topological polar surface area (TPSA) is 44.8 Å². The molecule has 0 unspecified atom stereocenters. The van der Waals surface area contributed by atoms with Crippen LogP contribution < -0.4 is 0 Å². The minimum absolute atomic E-state index is 0.206. The number of carbonyl (C=O) groups is 1. The summed E-state index contributed by atoms with van der Waals surface area (Å²) in [6.45, 7) is 7.42. The summed E-state index contributed by atoms with van der Waals surface area (Å²) >= 11 is 0. The normalized spacial score (nSPS) is 10.2. The first kappa shape index (κ1) is 16.1. The molecule has 0 saturated heterocycles. The van der Waals surface area contributed by atoms with E-state index in [1.165, 1.54) is 12.8 Å². The Labute approximate surface area is 104 Å². The number of hydrogen-bond acceptors (Lipinski definition) is 4. The van der Waals surface area contributed by atoms with Crippen LogP contribution in [-0.4, -0.2) is 39.5 Å². The molecule has 0 atom stereocenters. The third-order valence-electron chi connectivity index (χ3n) is 2.23. The number of rotatable bonds is 11. The molecule has 0 aliphatic carbocycles. The van der Waals surface area contributed by atoms with Crippen LogP contribution in [0.15, 0.2) is 12.2 Å². The Bertz CT molecular complexity index is 213. The molecule has 4 heteroatoms. The fourth-order valence-electron chi connectivity index (χ4n) is 1.19. The lowest BCUT2D eigenvalue weighted by Gasteiger charge is -2.07. The van der Waals surface area contributed by atoms with Gasteiger partial charge in [0.25, 0.3) is 0 Å². The zero-order valence-electron chi connectivity index (χ0n) is 11.0. The van der Waals surface area contributed by atoms with E-state index in [4.69, 9.17) is 14.2 Å². The standard InChI is InChI=1S/C13H24O4/c1-4-5-6-7-8-17-13(14)12(2)11-16-10-9-15-3/h2,4-11H2,1,3H3. The molecule has 4 nitrogen and oxygen atoms in total. The number of unbranched alkanes of at least 4 members (excludes halogenated alkanes) is 3. The van der Waals surface area contributed by atoms with Gasteiger partial charge in [-0.3, -0.25) is 0 Å². The van der Waals surface area contributed by atoms with E-state index in [2.05, 4.69) is 13.5 Å². The average Bonchev–Trinajstić information content (AvgIpc) is 2.34. The summed E-state index contributed by atoms with van der Waals surface area (Å²) in [6.07, 6.45) is 4.37. The second kappa shape index (κ2) is 11.6. The Morgan fingerprint density at radius 1 is 1.12 bits per heavy atom. The maximum atomic E-state index is 11.4. The van der Waals surface area contributed by atoms with Crippen molar-refractivity contribution in [3.8, 4) is 0 Å². The molecule has 0 aromatic carbocycles. The summed E-state index contributed by atoms with van der Waals surface area (Å²) in [5.74, 6) is -0.362. The fraction of sp³-hybridized carbons (Fsp3) is 0.769. The van der Waals surface area contributed by atoms with E-state index in [1.807, 2.05) is 0 Å². The van der Waals surface area contributed by atoms with Crippen LogP contribution in [0.1, 0.15) is 32.6 Å². The van der Waals surface area contributed by atoms with Gasteiger partial charge in [-0.2, -0.15) is 0 Å². The van der Waals surface area contributed by atoms with Crippen molar-refractivity contribution in [1.82, 2.24) is 0 Å². The molecule has 0 aromatic heterocycles. The first-order valence-electron chi connectivity index (χ1n) is 6.14. The highest BCUT2D eigenvalue weighted by atomic mass is 16.5. The van der Waals surface area contributed by atoms with Gasteiger partial charge in [-0.1, -0.05) is 32.8 Å². The van der Waals surface area contributed by atoms with E-state index >= 15 is 0 Å². The number of carbonyl (C=O) groups excluding carboxylic acids is 1. The van der Waals surface area contributed by atoms with Crippen molar-refractivity contribution < 1.29 is 19.0 Å². The van der Waals surface area contributed by atoms with Gasteiger partial charge in [0.05, 0.1) is 32.0 Å². The SMILES string of the molecule is C=C(COCCOC)C(=O)OCCCCCC. The molecule has 0 heterocycles. The van der Waals surface area contributed by atoms with Gasteiger partial charge in [0.1, 0.15) is 0 Å². The van der Waals surface area contributed by atoms with Gasteiger partial charge in [-0.15, -0.1) is 0 Å². The first-order chi connectivity index (χ1) is 8.22. The minimum Gasteiger partial charge on any atom is -0.462 e. The van der Waals surface area contributed by atoms with Crippen molar-refractivity contribution in [3.63, 3.8) is 0 Å². The van der Waals surface area contributed by atoms with Gasteiger partial charge in [-0.05, 0) is 6.42 Å². The smallest absolute Gasteiger partial charge is 0.335 e. The van der Waals surface area contributed by atoms with Crippen molar-refractivity contribution in [2.45, 2.75) is 32.6 Å². The summed E-state index contributed by atoms with van der Waals surface area (Å²) < 4.78 is 15.0. The van der Waals surface area contributed by atoms with Crippen LogP contribution in [0.3, 0.4) is 0 Å². The zero-order valence-corrected chi connectivity index (χ0v) is 11.0. The maximum absolute atomic E-state index is 11.4. The van der Waals surface area contributed by atoms with Crippen LogP contribution in [0.2, 0.25) is 0 Å². The van der Waals surface area contributed by atoms with E-state index in [0.717, 1.165) is 12.8 Å². The Morgan fingerprint density at radius 2 is 1.88 bits per heavy atom. The molecule has 0 N–H and O–H groups in total. The van der Waals surface area contributed by atoms with E-state index in [-0.39, 0.29) is 12.6 Å². The average molecular weight is 244 g/mol. The Morgan fingerprint density at radius 3 is 2.53 bits per heavy atom. The van der Waals surface area contributed by atoms with Crippen LogP contribution in [0.25, 0.3) is 0 Å². The highest BCUT2D eigenvalue weighted by Crippen LogP contribution is 2.01. The van der Waals surface area contributed by atoms with E-state index in [9.17, 15) is 4.79 Å². The molecule has 0 aromatic rings.